The molecule has 2 heterocycles. The van der Waals surface area contributed by atoms with Gasteiger partial charge < -0.3 is 0 Å². The number of allylic oxidation sites excluding steroid dienone is 1. The molecule has 2 aromatic heterocycles. The van der Waals surface area contributed by atoms with Crippen molar-refractivity contribution in [3.63, 3.8) is 0 Å². The number of rotatable bonds is 7. The van der Waals surface area contributed by atoms with Crippen LogP contribution in [0.25, 0.3) is 72.3 Å². The molecule has 51 heavy (non-hydrogen) atoms. The Hall–Kier alpha value is -5.90. The number of aromatic nitrogens is 2. The van der Waals surface area contributed by atoms with E-state index < -0.39 is 0 Å². The molecular weight excluding hydrogens is 637 g/mol. The molecule has 0 saturated heterocycles. The van der Waals surface area contributed by atoms with Crippen molar-refractivity contribution in [2.75, 3.05) is 0 Å². The molecule has 0 amide bonds. The number of nitrogens with zero attached hydrogens (tertiary/aromatic N) is 2. The average Bonchev–Trinajstić information content (AvgIpc) is 3.56. The maximum Gasteiger partial charge on any atom is 0.160 e. The van der Waals surface area contributed by atoms with Crippen LogP contribution >= 0.6 is 11.3 Å². The van der Waals surface area contributed by atoms with E-state index in [4.69, 9.17) is 9.97 Å². The second-order valence-corrected chi connectivity index (χ2v) is 14.5. The van der Waals surface area contributed by atoms with Crippen molar-refractivity contribution in [1.82, 2.24) is 9.97 Å². The quantitative estimate of drug-likeness (QED) is 0.168. The van der Waals surface area contributed by atoms with Gasteiger partial charge in [-0.15, -0.1) is 11.3 Å². The van der Waals surface area contributed by atoms with Gasteiger partial charge >= 0.3 is 0 Å². The van der Waals surface area contributed by atoms with E-state index in [0.29, 0.717) is 0 Å². The number of thiophene rings is 1. The molecule has 0 saturated carbocycles. The largest absolute Gasteiger partial charge is 0.228 e. The molecule has 0 N–H and O–H groups in total. The van der Waals surface area contributed by atoms with Crippen molar-refractivity contribution in [3.05, 3.63) is 185 Å². The summed E-state index contributed by atoms with van der Waals surface area (Å²) in [5.74, 6) is 0.725. The van der Waals surface area contributed by atoms with E-state index in [1.807, 2.05) is 35.6 Å². The van der Waals surface area contributed by atoms with Gasteiger partial charge in [0.05, 0.1) is 11.4 Å². The molecule has 2 nitrogen and oxygen atoms in total. The second kappa shape index (κ2) is 13.4. The van der Waals surface area contributed by atoms with E-state index in [1.165, 1.54) is 59.5 Å². The second-order valence-electron chi connectivity index (χ2n) is 13.3. The minimum absolute atomic E-state index is 0.725. The Kier molecular flexibility index (Phi) is 8.19. The predicted molar refractivity (Wildman–Crippen MR) is 216 cm³/mol. The zero-order chi connectivity index (χ0) is 34.1. The third-order valence-electron chi connectivity index (χ3n) is 9.97. The van der Waals surface area contributed by atoms with Crippen molar-refractivity contribution in [2.45, 2.75) is 26.2 Å². The summed E-state index contributed by atoms with van der Waals surface area (Å²) < 4.78 is 1.40. The van der Waals surface area contributed by atoms with Crippen LogP contribution < -0.4 is 0 Å². The molecule has 0 radical (unpaired) electrons. The first-order valence-corrected chi connectivity index (χ1v) is 18.5. The van der Waals surface area contributed by atoms with Gasteiger partial charge in [0.15, 0.2) is 5.82 Å². The predicted octanol–water partition coefficient (Wildman–Crippen LogP) is 12.9. The highest BCUT2D eigenvalue weighted by molar-refractivity contribution is 7.19. The molecule has 0 atom stereocenters. The SMILES string of the molecule is Cc1cc2sc3c(c2cc1-c1ccccc1Cc1ccc(-c2cc(-c4ccc(-c5ccccc5)cc4)nc(-c4ccccc4)n2)cc1)C=CCC3. The summed E-state index contributed by atoms with van der Waals surface area (Å²) in [6.07, 6.45) is 7.79. The molecule has 0 unspecified atom stereocenters. The number of aryl methyl sites for hydroxylation is 2. The Balaban J connectivity index is 1.04. The van der Waals surface area contributed by atoms with Crippen molar-refractivity contribution >= 4 is 27.5 Å². The van der Waals surface area contributed by atoms with E-state index in [1.54, 1.807) is 0 Å². The van der Waals surface area contributed by atoms with Gasteiger partial charge in [-0.25, -0.2) is 9.97 Å². The summed E-state index contributed by atoms with van der Waals surface area (Å²) in [6, 6.07) is 54.2. The zero-order valence-electron chi connectivity index (χ0n) is 28.5. The maximum absolute atomic E-state index is 5.08. The lowest BCUT2D eigenvalue weighted by Gasteiger charge is -2.14. The molecule has 8 aromatic rings. The summed E-state index contributed by atoms with van der Waals surface area (Å²) in [4.78, 5) is 11.6. The first kappa shape index (κ1) is 31.1. The van der Waals surface area contributed by atoms with Crippen LogP contribution in [-0.4, -0.2) is 9.97 Å². The van der Waals surface area contributed by atoms with E-state index in [0.717, 1.165) is 53.2 Å². The summed E-state index contributed by atoms with van der Waals surface area (Å²) in [7, 11) is 0. The highest BCUT2D eigenvalue weighted by Gasteiger charge is 2.17. The Morgan fingerprint density at radius 3 is 1.90 bits per heavy atom. The minimum Gasteiger partial charge on any atom is -0.228 e. The fourth-order valence-electron chi connectivity index (χ4n) is 7.26. The van der Waals surface area contributed by atoms with Gasteiger partial charge in [0, 0.05) is 31.7 Å². The van der Waals surface area contributed by atoms with Gasteiger partial charge in [-0.1, -0.05) is 146 Å². The van der Waals surface area contributed by atoms with E-state index in [9.17, 15) is 0 Å². The lowest BCUT2D eigenvalue weighted by Crippen LogP contribution is -1.97. The standard InChI is InChI=1S/C48H36N2S/c1-32-28-47-43(41-18-10-11-19-46(41)51-47)30-42(32)40-17-9-8-16-39(40)29-33-20-22-36(23-21-33)44-31-45(50-48(49-44)38-14-6-3-7-15-38)37-26-24-35(25-27-37)34-12-4-2-5-13-34/h2-10,12-18,20-28,30-31H,11,19,29H2,1H3. The van der Waals surface area contributed by atoms with E-state index >= 15 is 0 Å². The summed E-state index contributed by atoms with van der Waals surface area (Å²) in [5, 5.41) is 1.39. The molecule has 6 aromatic carbocycles. The van der Waals surface area contributed by atoms with Crippen LogP contribution in [0.4, 0.5) is 0 Å². The topological polar surface area (TPSA) is 25.8 Å². The molecule has 1 aliphatic rings. The van der Waals surface area contributed by atoms with Crippen molar-refractivity contribution in [2.24, 2.45) is 0 Å². The highest BCUT2D eigenvalue weighted by Crippen LogP contribution is 2.40. The fraction of sp³-hybridized carbons (Fsp3) is 0.0833. The third-order valence-corrected chi connectivity index (χ3v) is 11.2. The zero-order valence-corrected chi connectivity index (χ0v) is 29.3. The molecule has 9 rings (SSSR count). The molecule has 244 valence electrons. The fourth-order valence-corrected chi connectivity index (χ4v) is 8.55. The molecule has 0 fully saturated rings. The van der Waals surface area contributed by atoms with Crippen molar-refractivity contribution in [3.8, 4) is 56.2 Å². The lowest BCUT2D eigenvalue weighted by atomic mass is 9.90. The van der Waals surface area contributed by atoms with Gasteiger partial charge in [-0.2, -0.15) is 0 Å². The smallest absolute Gasteiger partial charge is 0.160 e. The number of hydrogen-bond donors (Lipinski definition) is 0. The summed E-state index contributed by atoms with van der Waals surface area (Å²) in [6.45, 7) is 2.26. The molecule has 1 aliphatic carbocycles. The monoisotopic (exact) mass is 672 g/mol. The molecule has 0 aliphatic heterocycles. The van der Waals surface area contributed by atoms with Crippen LogP contribution in [0.3, 0.4) is 0 Å². The van der Waals surface area contributed by atoms with Crippen molar-refractivity contribution < 1.29 is 0 Å². The third kappa shape index (κ3) is 6.22. The van der Waals surface area contributed by atoms with Gasteiger partial charge in [-0.3, -0.25) is 0 Å². The van der Waals surface area contributed by atoms with Gasteiger partial charge in [0.2, 0.25) is 0 Å². The van der Waals surface area contributed by atoms with Crippen molar-refractivity contribution in [1.29, 1.82) is 0 Å². The average molecular weight is 673 g/mol. The molecule has 0 bridgehead atoms. The van der Waals surface area contributed by atoms with Gasteiger partial charge in [-0.05, 0) is 88.9 Å². The number of benzene rings is 6. The Bertz CT molecular complexity index is 2530. The Morgan fingerprint density at radius 1 is 0.569 bits per heavy atom. The summed E-state index contributed by atoms with van der Waals surface area (Å²) in [5.41, 5.74) is 15.4. The van der Waals surface area contributed by atoms with Gasteiger partial charge in [0.1, 0.15) is 0 Å². The van der Waals surface area contributed by atoms with Crippen LogP contribution in [0.2, 0.25) is 0 Å². The minimum atomic E-state index is 0.725. The number of fused-ring (bicyclic) bond motifs is 3. The molecular formula is C48H36N2S. The highest BCUT2D eigenvalue weighted by atomic mass is 32.1. The van der Waals surface area contributed by atoms with Crippen LogP contribution in [0.1, 0.15) is 33.6 Å². The summed E-state index contributed by atoms with van der Waals surface area (Å²) >= 11 is 1.96. The van der Waals surface area contributed by atoms with Crippen LogP contribution in [0.5, 0.6) is 0 Å². The molecule has 0 spiro atoms. The lowest BCUT2D eigenvalue weighted by molar-refractivity contribution is 1.02. The van der Waals surface area contributed by atoms with Crippen LogP contribution in [0.15, 0.2) is 158 Å². The van der Waals surface area contributed by atoms with E-state index in [-0.39, 0.29) is 0 Å². The van der Waals surface area contributed by atoms with Crippen LogP contribution in [-0.2, 0) is 12.8 Å². The number of hydrogen-bond acceptors (Lipinski definition) is 3. The Labute approximate surface area is 303 Å². The normalized spacial score (nSPS) is 12.3. The molecule has 3 heteroatoms. The first-order valence-electron chi connectivity index (χ1n) is 17.7. The Morgan fingerprint density at radius 2 is 1.18 bits per heavy atom. The first-order chi connectivity index (χ1) is 25.2. The maximum atomic E-state index is 5.08. The van der Waals surface area contributed by atoms with Gasteiger partial charge in [0.25, 0.3) is 0 Å². The van der Waals surface area contributed by atoms with E-state index in [2.05, 4.69) is 146 Å². The van der Waals surface area contributed by atoms with Crippen LogP contribution in [0, 0.1) is 6.92 Å².